The van der Waals surface area contributed by atoms with Gasteiger partial charge in [0, 0.05) is 38.7 Å². The highest BCUT2D eigenvalue weighted by Gasteiger charge is 2.22. The Morgan fingerprint density at radius 2 is 2.00 bits per heavy atom. The van der Waals surface area contributed by atoms with Crippen LogP contribution in [0.1, 0.15) is 24.2 Å². The zero-order chi connectivity index (χ0) is 16.4. The van der Waals surface area contributed by atoms with E-state index in [9.17, 15) is 9.59 Å². The standard InChI is InChI=1S/C17H23N3O3/c1-12-10-18-15-9-14(3-4-17(15)23-12)16(22)11-19-5-7-20(8-6-19)13(2)21/h3-4,9,12,18H,5-8,10-11H2,1-2H3. The van der Waals surface area contributed by atoms with Gasteiger partial charge in [0.05, 0.1) is 18.8 Å². The van der Waals surface area contributed by atoms with Gasteiger partial charge >= 0.3 is 0 Å². The average Bonchev–Trinajstić information content (AvgIpc) is 2.54. The normalized spacial score (nSPS) is 21.1. The largest absolute Gasteiger partial charge is 0.487 e. The number of ether oxygens (including phenoxy) is 1. The molecule has 2 aliphatic rings. The van der Waals surface area contributed by atoms with Crippen LogP contribution in [0.15, 0.2) is 18.2 Å². The number of carbonyl (C=O) groups excluding carboxylic acids is 2. The van der Waals surface area contributed by atoms with Gasteiger partial charge in [0.15, 0.2) is 5.78 Å². The third-order valence-corrected chi connectivity index (χ3v) is 4.39. The number of rotatable bonds is 3. The number of carbonyl (C=O) groups is 2. The van der Waals surface area contributed by atoms with Gasteiger partial charge in [-0.2, -0.15) is 0 Å². The fourth-order valence-electron chi connectivity index (χ4n) is 2.97. The summed E-state index contributed by atoms with van der Waals surface area (Å²) in [6.07, 6.45) is 0.140. The highest BCUT2D eigenvalue weighted by molar-refractivity contribution is 5.98. The lowest BCUT2D eigenvalue weighted by atomic mass is 10.1. The van der Waals surface area contributed by atoms with E-state index in [1.165, 1.54) is 0 Å². The zero-order valence-electron chi connectivity index (χ0n) is 13.7. The number of nitrogens with one attached hydrogen (secondary N) is 1. The molecule has 1 fully saturated rings. The van der Waals surface area contributed by atoms with Crippen LogP contribution in [0.4, 0.5) is 5.69 Å². The molecule has 3 rings (SSSR count). The average molecular weight is 317 g/mol. The SMILES string of the molecule is CC(=O)N1CCN(CC(=O)c2ccc3c(c2)NCC(C)O3)CC1. The fraction of sp³-hybridized carbons (Fsp3) is 0.529. The summed E-state index contributed by atoms with van der Waals surface area (Å²) in [5.41, 5.74) is 1.58. The van der Waals surface area contributed by atoms with Gasteiger partial charge in [0.1, 0.15) is 11.9 Å². The molecule has 1 aromatic carbocycles. The Kier molecular flexibility index (Phi) is 4.52. The monoisotopic (exact) mass is 317 g/mol. The van der Waals surface area contributed by atoms with Crippen molar-refractivity contribution in [2.75, 3.05) is 44.6 Å². The van der Waals surface area contributed by atoms with Crippen LogP contribution in [0.3, 0.4) is 0 Å². The summed E-state index contributed by atoms with van der Waals surface area (Å²) in [4.78, 5) is 27.7. The van der Waals surface area contributed by atoms with Crippen molar-refractivity contribution in [1.82, 2.24) is 9.80 Å². The second-order valence-corrected chi connectivity index (χ2v) is 6.23. The number of piperazine rings is 1. The number of nitrogens with zero attached hydrogens (tertiary/aromatic N) is 2. The van der Waals surface area contributed by atoms with Crippen LogP contribution in [-0.2, 0) is 4.79 Å². The molecule has 6 heteroatoms. The van der Waals surface area contributed by atoms with Crippen molar-refractivity contribution in [2.45, 2.75) is 20.0 Å². The minimum Gasteiger partial charge on any atom is -0.487 e. The lowest BCUT2D eigenvalue weighted by molar-refractivity contribution is -0.130. The molecular formula is C17H23N3O3. The summed E-state index contributed by atoms with van der Waals surface area (Å²) in [6, 6.07) is 5.56. The summed E-state index contributed by atoms with van der Waals surface area (Å²) in [5, 5.41) is 3.29. The molecule has 1 N–H and O–H groups in total. The first kappa shape index (κ1) is 15.8. The van der Waals surface area contributed by atoms with E-state index in [1.807, 2.05) is 30.0 Å². The first-order valence-electron chi connectivity index (χ1n) is 8.08. The summed E-state index contributed by atoms with van der Waals surface area (Å²) in [7, 11) is 0. The highest BCUT2D eigenvalue weighted by Crippen LogP contribution is 2.30. The van der Waals surface area contributed by atoms with Gasteiger partial charge in [-0.05, 0) is 25.1 Å². The maximum Gasteiger partial charge on any atom is 0.219 e. The van der Waals surface area contributed by atoms with Crippen LogP contribution < -0.4 is 10.1 Å². The first-order valence-corrected chi connectivity index (χ1v) is 8.08. The minimum absolute atomic E-state index is 0.101. The molecule has 0 aliphatic carbocycles. The maximum absolute atomic E-state index is 12.5. The molecule has 6 nitrogen and oxygen atoms in total. The van der Waals surface area contributed by atoms with Gasteiger partial charge < -0.3 is 15.0 Å². The predicted octanol–water partition coefficient (Wildman–Crippen LogP) is 1.23. The van der Waals surface area contributed by atoms with Crippen molar-refractivity contribution in [3.05, 3.63) is 23.8 Å². The van der Waals surface area contributed by atoms with E-state index in [-0.39, 0.29) is 17.8 Å². The van der Waals surface area contributed by atoms with Crippen molar-refractivity contribution in [3.8, 4) is 5.75 Å². The van der Waals surface area contributed by atoms with E-state index in [1.54, 1.807) is 6.92 Å². The van der Waals surface area contributed by atoms with Gasteiger partial charge in [0.2, 0.25) is 5.91 Å². The van der Waals surface area contributed by atoms with Gasteiger partial charge in [-0.25, -0.2) is 0 Å². The molecule has 1 unspecified atom stereocenters. The number of amides is 1. The zero-order valence-corrected chi connectivity index (χ0v) is 13.7. The van der Waals surface area contributed by atoms with E-state index in [4.69, 9.17) is 4.74 Å². The second-order valence-electron chi connectivity index (χ2n) is 6.23. The molecule has 23 heavy (non-hydrogen) atoms. The lowest BCUT2D eigenvalue weighted by Gasteiger charge is -2.33. The number of Topliss-reactive ketones (excluding diaryl/α,β-unsaturated/α-hetero) is 1. The van der Waals surface area contributed by atoms with Crippen LogP contribution in [-0.4, -0.2) is 66.9 Å². The minimum atomic E-state index is 0.101. The molecule has 0 saturated carbocycles. The molecule has 1 saturated heterocycles. The molecule has 0 bridgehead atoms. The second kappa shape index (κ2) is 6.58. The fourth-order valence-corrected chi connectivity index (χ4v) is 2.97. The van der Waals surface area contributed by atoms with E-state index in [2.05, 4.69) is 10.2 Å². The van der Waals surface area contributed by atoms with Gasteiger partial charge in [-0.3, -0.25) is 14.5 Å². The van der Waals surface area contributed by atoms with Crippen molar-refractivity contribution in [3.63, 3.8) is 0 Å². The predicted molar refractivity (Wildman–Crippen MR) is 88.0 cm³/mol. The van der Waals surface area contributed by atoms with Crippen molar-refractivity contribution >= 4 is 17.4 Å². The Hall–Kier alpha value is -2.08. The lowest BCUT2D eigenvalue weighted by Crippen LogP contribution is -2.49. The number of benzene rings is 1. The van der Waals surface area contributed by atoms with Gasteiger partial charge in [0.25, 0.3) is 0 Å². The van der Waals surface area contributed by atoms with Crippen molar-refractivity contribution < 1.29 is 14.3 Å². The Balaban J connectivity index is 1.60. The van der Waals surface area contributed by atoms with E-state index in [0.717, 1.165) is 31.1 Å². The molecule has 2 aliphatic heterocycles. The molecular weight excluding hydrogens is 294 g/mol. The van der Waals surface area contributed by atoms with Gasteiger partial charge in [-0.1, -0.05) is 0 Å². The number of ketones is 1. The van der Waals surface area contributed by atoms with E-state index < -0.39 is 0 Å². The molecule has 0 spiro atoms. The highest BCUT2D eigenvalue weighted by atomic mass is 16.5. The molecule has 0 aromatic heterocycles. The Morgan fingerprint density at radius 1 is 1.26 bits per heavy atom. The summed E-state index contributed by atoms with van der Waals surface area (Å²) >= 11 is 0. The number of hydrogen-bond donors (Lipinski definition) is 1. The molecule has 1 aromatic rings. The molecule has 2 heterocycles. The molecule has 0 radical (unpaired) electrons. The maximum atomic E-state index is 12.5. The quantitative estimate of drug-likeness (QED) is 0.850. The van der Waals surface area contributed by atoms with Crippen LogP contribution >= 0.6 is 0 Å². The van der Waals surface area contributed by atoms with E-state index >= 15 is 0 Å². The summed E-state index contributed by atoms with van der Waals surface area (Å²) in [6.45, 7) is 7.61. The van der Waals surface area contributed by atoms with Crippen LogP contribution in [0, 0.1) is 0 Å². The van der Waals surface area contributed by atoms with Crippen LogP contribution in [0.2, 0.25) is 0 Å². The van der Waals surface area contributed by atoms with E-state index in [0.29, 0.717) is 25.2 Å². The van der Waals surface area contributed by atoms with Crippen LogP contribution in [0.5, 0.6) is 5.75 Å². The van der Waals surface area contributed by atoms with Crippen molar-refractivity contribution in [1.29, 1.82) is 0 Å². The molecule has 124 valence electrons. The number of anilines is 1. The topological polar surface area (TPSA) is 61.9 Å². The van der Waals surface area contributed by atoms with Crippen molar-refractivity contribution in [2.24, 2.45) is 0 Å². The summed E-state index contributed by atoms with van der Waals surface area (Å²) in [5.74, 6) is 1.01. The number of fused-ring (bicyclic) bond motifs is 1. The third kappa shape index (κ3) is 3.64. The number of hydrogen-bond acceptors (Lipinski definition) is 5. The van der Waals surface area contributed by atoms with Crippen LogP contribution in [0.25, 0.3) is 0 Å². The first-order chi connectivity index (χ1) is 11.0. The third-order valence-electron chi connectivity index (χ3n) is 4.39. The summed E-state index contributed by atoms with van der Waals surface area (Å²) < 4.78 is 5.73. The molecule has 1 atom stereocenters. The van der Waals surface area contributed by atoms with Gasteiger partial charge in [-0.15, -0.1) is 0 Å². The Bertz CT molecular complexity index is 609. The molecule has 1 amide bonds. The smallest absolute Gasteiger partial charge is 0.219 e. The Morgan fingerprint density at radius 3 is 2.70 bits per heavy atom. The Labute approximate surface area is 136 Å².